The molecule has 0 saturated heterocycles. The predicted molar refractivity (Wildman–Crippen MR) is 96.5 cm³/mol. The summed E-state index contributed by atoms with van der Waals surface area (Å²) in [5, 5.41) is 19.2. The second-order valence-corrected chi connectivity index (χ2v) is 6.82. The number of aliphatic hydroxyl groups excluding tert-OH is 1. The van der Waals surface area contributed by atoms with Crippen LogP contribution in [0, 0.1) is 11.6 Å². The van der Waals surface area contributed by atoms with Crippen molar-refractivity contribution < 1.29 is 18.6 Å². The van der Waals surface area contributed by atoms with Crippen LogP contribution in [0.3, 0.4) is 0 Å². The number of hydrogen-bond acceptors (Lipinski definition) is 5. The van der Waals surface area contributed by atoms with Gasteiger partial charge in [0.25, 0.3) is 0 Å². The topological polar surface area (TPSA) is 68.3 Å². The molecule has 3 aromatic rings. The molecule has 0 aliphatic carbocycles. The number of fused-ring (bicyclic) bond motifs is 1. The fraction of sp³-hybridized carbons (Fsp3) is 0.368. The van der Waals surface area contributed by atoms with Crippen molar-refractivity contribution >= 4 is 0 Å². The average molecular weight is 389 g/mol. The fourth-order valence-corrected chi connectivity index (χ4v) is 3.55. The van der Waals surface area contributed by atoms with E-state index in [4.69, 9.17) is 4.74 Å². The first-order valence-corrected chi connectivity index (χ1v) is 8.93. The van der Waals surface area contributed by atoms with Gasteiger partial charge in [-0.1, -0.05) is 0 Å². The smallest absolute Gasteiger partial charge is 0.167 e. The van der Waals surface area contributed by atoms with E-state index in [0.717, 1.165) is 11.8 Å². The third-order valence-electron chi connectivity index (χ3n) is 5.07. The van der Waals surface area contributed by atoms with Crippen LogP contribution in [0.15, 0.2) is 30.5 Å². The number of halogens is 2. The maximum atomic E-state index is 14.3. The lowest BCUT2D eigenvalue weighted by molar-refractivity contribution is 0.193. The molecule has 0 radical (unpaired) electrons. The van der Waals surface area contributed by atoms with Gasteiger partial charge in [0, 0.05) is 38.4 Å². The van der Waals surface area contributed by atoms with Gasteiger partial charge >= 0.3 is 0 Å². The number of rotatable bonds is 5. The van der Waals surface area contributed by atoms with Crippen molar-refractivity contribution in [3.05, 3.63) is 64.7 Å². The molecular weight excluding hydrogens is 368 g/mol. The predicted octanol–water partition coefficient (Wildman–Crippen LogP) is 2.00. The number of benzene rings is 1. The van der Waals surface area contributed by atoms with E-state index >= 15 is 0 Å². The van der Waals surface area contributed by atoms with E-state index in [1.807, 2.05) is 15.6 Å². The van der Waals surface area contributed by atoms with Crippen LogP contribution < -0.4 is 4.74 Å². The van der Waals surface area contributed by atoms with Crippen molar-refractivity contribution in [3.63, 3.8) is 0 Å². The zero-order chi connectivity index (χ0) is 19.8. The summed E-state index contributed by atoms with van der Waals surface area (Å²) in [6.45, 7) is 1.93. The van der Waals surface area contributed by atoms with Crippen molar-refractivity contribution in [1.82, 2.24) is 24.5 Å². The van der Waals surface area contributed by atoms with Gasteiger partial charge < -0.3 is 9.84 Å². The summed E-state index contributed by atoms with van der Waals surface area (Å²) in [7, 11) is 3.20. The minimum atomic E-state index is -0.889. The van der Waals surface area contributed by atoms with E-state index in [0.29, 0.717) is 36.8 Å². The normalized spacial score (nSPS) is 15.5. The van der Waals surface area contributed by atoms with Crippen LogP contribution in [0.5, 0.6) is 5.75 Å². The Kier molecular flexibility index (Phi) is 4.86. The van der Waals surface area contributed by atoms with Crippen LogP contribution in [-0.4, -0.2) is 43.2 Å². The molecular formula is C19H21F2N5O2. The molecule has 1 atom stereocenters. The molecule has 1 aliphatic heterocycles. The average Bonchev–Trinajstić information content (AvgIpc) is 3.31. The van der Waals surface area contributed by atoms with E-state index in [9.17, 15) is 13.9 Å². The Hall–Kier alpha value is -2.78. The van der Waals surface area contributed by atoms with Gasteiger partial charge in [0.05, 0.1) is 30.7 Å². The van der Waals surface area contributed by atoms with Gasteiger partial charge in [0.1, 0.15) is 11.9 Å². The monoisotopic (exact) mass is 389 g/mol. The molecule has 1 aliphatic rings. The van der Waals surface area contributed by atoms with Crippen molar-refractivity contribution in [2.75, 3.05) is 13.7 Å². The molecule has 9 heteroatoms. The van der Waals surface area contributed by atoms with E-state index < -0.39 is 17.7 Å². The van der Waals surface area contributed by atoms with Crippen LogP contribution in [-0.2, 0) is 26.7 Å². The first-order chi connectivity index (χ1) is 13.5. The Morgan fingerprint density at radius 1 is 1.25 bits per heavy atom. The molecule has 0 fully saturated rings. The largest absolute Gasteiger partial charge is 0.496 e. The second-order valence-electron chi connectivity index (χ2n) is 6.82. The third kappa shape index (κ3) is 3.27. The van der Waals surface area contributed by atoms with Gasteiger partial charge in [-0.15, -0.1) is 0 Å². The lowest BCUT2D eigenvalue weighted by Crippen LogP contribution is -2.33. The van der Waals surface area contributed by atoms with Crippen molar-refractivity contribution in [2.45, 2.75) is 25.7 Å². The summed E-state index contributed by atoms with van der Waals surface area (Å²) in [6, 6.07) is 6.08. The maximum Gasteiger partial charge on any atom is 0.167 e. The molecule has 2 aromatic heterocycles. The van der Waals surface area contributed by atoms with Gasteiger partial charge in [-0.05, 0) is 24.3 Å². The summed E-state index contributed by atoms with van der Waals surface area (Å²) in [5.74, 6) is -1.45. The van der Waals surface area contributed by atoms with E-state index in [2.05, 4.69) is 10.2 Å². The minimum Gasteiger partial charge on any atom is -0.496 e. The summed E-state index contributed by atoms with van der Waals surface area (Å²) in [4.78, 5) is 2.00. The zero-order valence-electron chi connectivity index (χ0n) is 15.6. The molecule has 0 amide bonds. The molecule has 0 bridgehead atoms. The highest BCUT2D eigenvalue weighted by Gasteiger charge is 2.25. The van der Waals surface area contributed by atoms with Crippen LogP contribution in [0.2, 0.25) is 0 Å². The molecule has 1 N–H and O–H groups in total. The third-order valence-corrected chi connectivity index (χ3v) is 5.07. The van der Waals surface area contributed by atoms with Crippen LogP contribution in [0.4, 0.5) is 8.78 Å². The Balaban J connectivity index is 1.54. The van der Waals surface area contributed by atoms with Crippen LogP contribution in [0.25, 0.3) is 0 Å². The number of aryl methyl sites for hydroxylation is 1. The van der Waals surface area contributed by atoms with Gasteiger partial charge in [-0.25, -0.2) is 8.78 Å². The number of methoxy groups -OCH3 is 1. The molecule has 4 rings (SSSR count). The number of ether oxygens (including phenoxy) is 1. The minimum absolute atomic E-state index is 0.200. The quantitative estimate of drug-likeness (QED) is 0.723. The van der Waals surface area contributed by atoms with Gasteiger partial charge in [-0.3, -0.25) is 14.3 Å². The lowest BCUT2D eigenvalue weighted by Gasteiger charge is -2.28. The molecule has 0 saturated carbocycles. The molecule has 148 valence electrons. The molecule has 28 heavy (non-hydrogen) atoms. The maximum absolute atomic E-state index is 14.3. The Labute approximate surface area is 160 Å². The van der Waals surface area contributed by atoms with Crippen molar-refractivity contribution in [2.24, 2.45) is 7.05 Å². The molecule has 0 spiro atoms. The van der Waals surface area contributed by atoms with E-state index in [1.54, 1.807) is 24.0 Å². The highest BCUT2D eigenvalue weighted by Crippen LogP contribution is 2.28. The Morgan fingerprint density at radius 3 is 2.79 bits per heavy atom. The fourth-order valence-electron chi connectivity index (χ4n) is 3.55. The Bertz CT molecular complexity index is 1000. The highest BCUT2D eigenvalue weighted by molar-refractivity contribution is 5.35. The summed E-state index contributed by atoms with van der Waals surface area (Å²) in [6.07, 6.45) is 0.747. The molecule has 3 heterocycles. The van der Waals surface area contributed by atoms with Crippen LogP contribution in [0.1, 0.15) is 28.7 Å². The first kappa shape index (κ1) is 18.6. The van der Waals surface area contributed by atoms with Gasteiger partial charge in [0.15, 0.2) is 11.6 Å². The Morgan fingerprint density at radius 2 is 2.07 bits per heavy atom. The number of aromatic nitrogens is 4. The second kappa shape index (κ2) is 7.33. The lowest BCUT2D eigenvalue weighted by atomic mass is 10.1. The number of nitrogens with zero attached hydrogens (tertiary/aromatic N) is 5. The first-order valence-electron chi connectivity index (χ1n) is 8.93. The highest BCUT2D eigenvalue weighted by atomic mass is 19.2. The molecule has 1 aromatic carbocycles. The molecule has 0 unspecified atom stereocenters. The van der Waals surface area contributed by atoms with Gasteiger partial charge in [0.2, 0.25) is 0 Å². The standard InChI is InChI=1S/C19H21F2N5O2/c1-24-16(5-6-22-24)19(27)15-9-12-10-25(7-8-26(12)23-15)11-13-17(28-2)4-3-14(20)18(13)21/h3-6,9,19,27H,7-8,10-11H2,1-2H3/t19-/m1/s1. The van der Waals surface area contributed by atoms with E-state index in [1.165, 1.54) is 13.2 Å². The van der Waals surface area contributed by atoms with Gasteiger partial charge in [-0.2, -0.15) is 10.2 Å². The SMILES string of the molecule is COc1ccc(F)c(F)c1CN1CCn2nc([C@@H](O)c3ccnn3C)cc2C1. The molecule has 7 nitrogen and oxygen atoms in total. The van der Waals surface area contributed by atoms with Crippen molar-refractivity contribution in [1.29, 1.82) is 0 Å². The summed E-state index contributed by atoms with van der Waals surface area (Å²) >= 11 is 0. The van der Waals surface area contributed by atoms with Crippen molar-refractivity contribution in [3.8, 4) is 5.75 Å². The zero-order valence-corrected chi connectivity index (χ0v) is 15.6. The van der Waals surface area contributed by atoms with E-state index in [-0.39, 0.29) is 12.1 Å². The summed E-state index contributed by atoms with van der Waals surface area (Å²) in [5.41, 5.74) is 2.29. The number of hydrogen-bond donors (Lipinski definition) is 1. The summed E-state index contributed by atoms with van der Waals surface area (Å²) < 4.78 is 36.5. The van der Waals surface area contributed by atoms with Crippen LogP contribution >= 0.6 is 0 Å². The number of aliphatic hydroxyl groups is 1.